The van der Waals surface area contributed by atoms with Gasteiger partial charge in [-0.05, 0) is 43.3 Å². The van der Waals surface area contributed by atoms with Crippen LogP contribution >= 0.6 is 0 Å². The molecule has 3 aromatic rings. The fourth-order valence-corrected chi connectivity index (χ4v) is 2.22. The summed E-state index contributed by atoms with van der Waals surface area (Å²) in [4.78, 5) is 4.59. The first-order valence-corrected chi connectivity index (χ1v) is 7.24. The van der Waals surface area contributed by atoms with Crippen molar-refractivity contribution in [1.29, 1.82) is 0 Å². The first-order valence-electron chi connectivity index (χ1n) is 7.24. The van der Waals surface area contributed by atoms with Crippen molar-refractivity contribution in [1.82, 2.24) is 10.3 Å². The van der Waals surface area contributed by atoms with Crippen molar-refractivity contribution in [3.05, 3.63) is 60.6 Å². The van der Waals surface area contributed by atoms with Crippen LogP contribution in [0.25, 0.3) is 10.9 Å². The number of anilines is 1. The molecule has 2 aromatic heterocycles. The Labute approximate surface area is 124 Å². The fourth-order valence-electron chi connectivity index (χ4n) is 2.22. The molecule has 0 spiro atoms. The van der Waals surface area contributed by atoms with Gasteiger partial charge in [-0.1, -0.05) is 18.2 Å². The minimum Gasteiger partial charge on any atom is -0.468 e. The van der Waals surface area contributed by atoms with Crippen molar-refractivity contribution in [3.63, 3.8) is 0 Å². The van der Waals surface area contributed by atoms with Gasteiger partial charge in [0.2, 0.25) is 0 Å². The molecule has 108 valence electrons. The molecule has 0 unspecified atom stereocenters. The van der Waals surface area contributed by atoms with E-state index in [2.05, 4.69) is 27.8 Å². The maximum absolute atomic E-state index is 5.26. The Balaban J connectivity index is 1.40. The Hall–Kier alpha value is -2.33. The average molecular weight is 281 g/mol. The van der Waals surface area contributed by atoms with Crippen LogP contribution in [0.15, 0.2) is 59.2 Å². The summed E-state index contributed by atoms with van der Waals surface area (Å²) >= 11 is 0. The standard InChI is InChI=1S/C17H19N3O/c1-2-7-16-14(5-1)8-9-17(20-16)19-11-4-10-18-13-15-6-3-12-21-15/h1-3,5-9,12,18H,4,10-11,13H2,(H,19,20). The van der Waals surface area contributed by atoms with Gasteiger partial charge in [0.25, 0.3) is 0 Å². The molecular formula is C17H19N3O. The summed E-state index contributed by atoms with van der Waals surface area (Å²) in [6, 6.07) is 16.2. The molecular weight excluding hydrogens is 262 g/mol. The summed E-state index contributed by atoms with van der Waals surface area (Å²) in [7, 11) is 0. The maximum atomic E-state index is 5.26. The van der Waals surface area contributed by atoms with E-state index < -0.39 is 0 Å². The van der Waals surface area contributed by atoms with E-state index in [1.807, 2.05) is 36.4 Å². The number of nitrogens with one attached hydrogen (secondary N) is 2. The van der Waals surface area contributed by atoms with Gasteiger partial charge < -0.3 is 15.1 Å². The zero-order valence-electron chi connectivity index (χ0n) is 11.9. The summed E-state index contributed by atoms with van der Waals surface area (Å²) in [6.07, 6.45) is 2.74. The molecule has 0 fully saturated rings. The van der Waals surface area contributed by atoms with Crippen LogP contribution in [-0.4, -0.2) is 18.1 Å². The first kappa shape index (κ1) is 13.6. The van der Waals surface area contributed by atoms with E-state index >= 15 is 0 Å². The van der Waals surface area contributed by atoms with Crippen LogP contribution in [0, 0.1) is 0 Å². The molecule has 0 saturated carbocycles. The summed E-state index contributed by atoms with van der Waals surface area (Å²) in [6.45, 7) is 2.62. The topological polar surface area (TPSA) is 50.1 Å². The maximum Gasteiger partial charge on any atom is 0.126 e. The highest BCUT2D eigenvalue weighted by atomic mass is 16.3. The lowest BCUT2D eigenvalue weighted by Crippen LogP contribution is -2.17. The minimum atomic E-state index is 0.779. The lowest BCUT2D eigenvalue weighted by atomic mass is 10.2. The Morgan fingerprint density at radius 3 is 2.81 bits per heavy atom. The SMILES string of the molecule is c1coc(CNCCCNc2ccc3ccccc3n2)c1. The van der Waals surface area contributed by atoms with E-state index in [-0.39, 0.29) is 0 Å². The molecule has 2 N–H and O–H groups in total. The van der Waals surface area contributed by atoms with E-state index in [1.165, 1.54) is 5.39 Å². The third-order valence-electron chi connectivity index (χ3n) is 3.31. The fraction of sp³-hybridized carbons (Fsp3) is 0.235. The van der Waals surface area contributed by atoms with Crippen molar-refractivity contribution in [2.45, 2.75) is 13.0 Å². The lowest BCUT2D eigenvalue weighted by Gasteiger charge is -2.07. The van der Waals surface area contributed by atoms with E-state index in [1.54, 1.807) is 6.26 Å². The molecule has 0 bridgehead atoms. The van der Waals surface area contributed by atoms with Gasteiger partial charge in [0.1, 0.15) is 11.6 Å². The Bertz CT molecular complexity index is 679. The third-order valence-corrected chi connectivity index (χ3v) is 3.31. The summed E-state index contributed by atoms with van der Waals surface area (Å²) < 4.78 is 5.26. The normalized spacial score (nSPS) is 10.9. The minimum absolute atomic E-state index is 0.779. The van der Waals surface area contributed by atoms with E-state index in [0.29, 0.717) is 0 Å². The molecule has 4 heteroatoms. The molecule has 0 amide bonds. The summed E-state index contributed by atoms with van der Waals surface area (Å²) in [5.74, 6) is 1.90. The Morgan fingerprint density at radius 2 is 1.90 bits per heavy atom. The van der Waals surface area contributed by atoms with Gasteiger partial charge in [0.05, 0.1) is 18.3 Å². The highest BCUT2D eigenvalue weighted by molar-refractivity contribution is 5.79. The highest BCUT2D eigenvalue weighted by Crippen LogP contribution is 2.14. The molecule has 0 aliphatic carbocycles. The number of nitrogens with zero attached hydrogens (tertiary/aromatic N) is 1. The van der Waals surface area contributed by atoms with Crippen LogP contribution in [0.1, 0.15) is 12.2 Å². The monoisotopic (exact) mass is 281 g/mol. The van der Waals surface area contributed by atoms with Crippen LogP contribution in [-0.2, 0) is 6.54 Å². The number of pyridine rings is 1. The lowest BCUT2D eigenvalue weighted by molar-refractivity contribution is 0.482. The zero-order chi connectivity index (χ0) is 14.3. The largest absolute Gasteiger partial charge is 0.468 e. The molecule has 3 rings (SSSR count). The molecule has 0 radical (unpaired) electrons. The number of para-hydroxylation sites is 1. The van der Waals surface area contributed by atoms with Crippen LogP contribution in [0.3, 0.4) is 0 Å². The quantitative estimate of drug-likeness (QED) is 0.652. The van der Waals surface area contributed by atoms with Gasteiger partial charge in [-0.2, -0.15) is 0 Å². The van der Waals surface area contributed by atoms with E-state index in [9.17, 15) is 0 Å². The van der Waals surface area contributed by atoms with E-state index in [0.717, 1.165) is 43.1 Å². The number of hydrogen-bond donors (Lipinski definition) is 2. The summed E-state index contributed by atoms with van der Waals surface area (Å²) in [5, 5.41) is 7.88. The number of benzene rings is 1. The van der Waals surface area contributed by atoms with Gasteiger partial charge in [-0.25, -0.2) is 4.98 Å². The van der Waals surface area contributed by atoms with Crippen molar-refractivity contribution in [2.24, 2.45) is 0 Å². The highest BCUT2D eigenvalue weighted by Gasteiger charge is 1.97. The zero-order valence-corrected chi connectivity index (χ0v) is 11.9. The predicted octanol–water partition coefficient (Wildman–Crippen LogP) is 3.42. The molecule has 2 heterocycles. The third kappa shape index (κ3) is 3.83. The predicted molar refractivity (Wildman–Crippen MR) is 85.3 cm³/mol. The van der Waals surface area contributed by atoms with Crippen LogP contribution in [0.2, 0.25) is 0 Å². The smallest absolute Gasteiger partial charge is 0.126 e. The van der Waals surface area contributed by atoms with Crippen molar-refractivity contribution >= 4 is 16.7 Å². The Morgan fingerprint density at radius 1 is 0.952 bits per heavy atom. The second kappa shape index (κ2) is 6.90. The van der Waals surface area contributed by atoms with Crippen LogP contribution in [0.4, 0.5) is 5.82 Å². The molecule has 4 nitrogen and oxygen atoms in total. The second-order valence-corrected chi connectivity index (χ2v) is 4.93. The first-order chi connectivity index (χ1) is 10.4. The van der Waals surface area contributed by atoms with Crippen molar-refractivity contribution in [3.8, 4) is 0 Å². The van der Waals surface area contributed by atoms with Gasteiger partial charge in [-0.15, -0.1) is 0 Å². The van der Waals surface area contributed by atoms with Gasteiger partial charge in [0, 0.05) is 11.9 Å². The van der Waals surface area contributed by atoms with Crippen LogP contribution < -0.4 is 10.6 Å². The molecule has 0 aliphatic heterocycles. The summed E-state index contributed by atoms with van der Waals surface area (Å²) in [5.41, 5.74) is 1.03. The Kier molecular flexibility index (Phi) is 4.49. The molecule has 0 saturated heterocycles. The van der Waals surface area contributed by atoms with Gasteiger partial charge in [0.15, 0.2) is 0 Å². The number of rotatable bonds is 7. The number of fused-ring (bicyclic) bond motifs is 1. The van der Waals surface area contributed by atoms with E-state index in [4.69, 9.17) is 4.42 Å². The van der Waals surface area contributed by atoms with Gasteiger partial charge in [-0.3, -0.25) is 0 Å². The number of hydrogen-bond acceptors (Lipinski definition) is 4. The average Bonchev–Trinajstić information content (AvgIpc) is 3.04. The van der Waals surface area contributed by atoms with Crippen molar-refractivity contribution < 1.29 is 4.42 Å². The molecule has 0 aliphatic rings. The molecule has 1 aromatic carbocycles. The molecule has 21 heavy (non-hydrogen) atoms. The second-order valence-electron chi connectivity index (χ2n) is 4.93. The van der Waals surface area contributed by atoms with Gasteiger partial charge >= 0.3 is 0 Å². The number of furan rings is 1. The molecule has 0 atom stereocenters. The van der Waals surface area contributed by atoms with Crippen molar-refractivity contribution in [2.75, 3.05) is 18.4 Å². The van der Waals surface area contributed by atoms with Crippen LogP contribution in [0.5, 0.6) is 0 Å². The number of aromatic nitrogens is 1.